The van der Waals surface area contributed by atoms with Crippen LogP contribution in [0.4, 0.5) is 13.6 Å². The van der Waals surface area contributed by atoms with Crippen LogP contribution in [0, 0.1) is 0 Å². The zero-order valence-corrected chi connectivity index (χ0v) is 14.1. The summed E-state index contributed by atoms with van der Waals surface area (Å²) >= 11 is 1.35. The van der Waals surface area contributed by atoms with Crippen molar-refractivity contribution in [2.45, 2.75) is 28.6 Å². The second-order valence-electron chi connectivity index (χ2n) is 5.64. The first-order valence-corrected chi connectivity index (χ1v) is 8.52. The molecule has 1 unspecified atom stereocenters. The topological polar surface area (TPSA) is 80.0 Å². The molecule has 136 valence electrons. The summed E-state index contributed by atoms with van der Waals surface area (Å²) in [6.07, 6.45) is -4.39. The van der Waals surface area contributed by atoms with Crippen molar-refractivity contribution in [2.75, 3.05) is 6.61 Å². The van der Waals surface area contributed by atoms with E-state index in [0.29, 0.717) is 23.7 Å². The van der Waals surface area contributed by atoms with Gasteiger partial charge in [-0.3, -0.25) is 0 Å². The van der Waals surface area contributed by atoms with Crippen molar-refractivity contribution in [1.82, 2.24) is 0 Å². The molecule has 0 spiro atoms. The van der Waals surface area contributed by atoms with Crippen LogP contribution in [0.25, 0.3) is 0 Å². The zero-order valence-electron chi connectivity index (χ0n) is 13.2. The first-order chi connectivity index (χ1) is 12.4. The van der Waals surface area contributed by atoms with E-state index in [1.54, 1.807) is 18.2 Å². The smallest absolute Gasteiger partial charge is 0.493 e. The molecule has 2 aromatic carbocycles. The number of hydrogen-bond donors (Lipinski definition) is 1. The number of carbonyl (C=O) groups is 1. The van der Waals surface area contributed by atoms with Crippen LogP contribution in [0.3, 0.4) is 0 Å². The standard InChI is InChI=1S/C17H13F2NO5S/c18-17(19)24-13-4-2-10(8-15(13)25-17)26-9-1-3-11-12(23-16(20)21)5-6-22-14(11)7-9/h1-4,7-8,12H,5-6H2,(H2,20,21). The number of nitrogens with two attached hydrogens (primary N) is 1. The molecule has 2 aromatic rings. The van der Waals surface area contributed by atoms with Gasteiger partial charge in [0, 0.05) is 21.8 Å². The van der Waals surface area contributed by atoms with Gasteiger partial charge in [0.2, 0.25) is 0 Å². The molecule has 4 rings (SSSR count). The van der Waals surface area contributed by atoms with E-state index in [-0.39, 0.29) is 11.5 Å². The van der Waals surface area contributed by atoms with Gasteiger partial charge in [0.05, 0.1) is 6.61 Å². The maximum Gasteiger partial charge on any atom is 0.586 e. The molecule has 6 nitrogen and oxygen atoms in total. The molecular formula is C17H13F2NO5S. The van der Waals surface area contributed by atoms with Gasteiger partial charge in [-0.25, -0.2) is 4.79 Å². The van der Waals surface area contributed by atoms with Gasteiger partial charge in [0.25, 0.3) is 0 Å². The zero-order chi connectivity index (χ0) is 18.3. The van der Waals surface area contributed by atoms with Gasteiger partial charge >= 0.3 is 12.4 Å². The van der Waals surface area contributed by atoms with E-state index in [0.717, 1.165) is 10.5 Å². The minimum atomic E-state index is -3.64. The molecule has 1 atom stereocenters. The second-order valence-corrected chi connectivity index (χ2v) is 6.79. The predicted molar refractivity (Wildman–Crippen MR) is 86.7 cm³/mol. The number of benzene rings is 2. The summed E-state index contributed by atoms with van der Waals surface area (Å²) < 4.78 is 45.8. The van der Waals surface area contributed by atoms with Crippen LogP contribution in [0.2, 0.25) is 0 Å². The Kier molecular flexibility index (Phi) is 4.03. The third kappa shape index (κ3) is 3.34. The molecule has 0 aliphatic carbocycles. The molecule has 2 heterocycles. The third-order valence-electron chi connectivity index (χ3n) is 3.84. The molecule has 26 heavy (non-hydrogen) atoms. The average molecular weight is 381 g/mol. The number of ether oxygens (including phenoxy) is 4. The van der Waals surface area contributed by atoms with Gasteiger partial charge in [0.1, 0.15) is 11.9 Å². The van der Waals surface area contributed by atoms with Gasteiger partial charge in [-0.2, -0.15) is 0 Å². The van der Waals surface area contributed by atoms with Crippen molar-refractivity contribution in [3.05, 3.63) is 42.0 Å². The largest absolute Gasteiger partial charge is 0.586 e. The lowest BCUT2D eigenvalue weighted by Gasteiger charge is -2.25. The summed E-state index contributed by atoms with van der Waals surface area (Å²) in [5, 5.41) is 0. The number of hydrogen-bond acceptors (Lipinski definition) is 6. The van der Waals surface area contributed by atoms with Crippen molar-refractivity contribution in [3.8, 4) is 17.2 Å². The maximum atomic E-state index is 13.1. The van der Waals surface area contributed by atoms with Crippen LogP contribution in [0.1, 0.15) is 18.1 Å². The Labute approximate surface area is 151 Å². The number of rotatable bonds is 3. The van der Waals surface area contributed by atoms with Crippen LogP contribution in [-0.4, -0.2) is 19.0 Å². The lowest BCUT2D eigenvalue weighted by molar-refractivity contribution is -0.286. The van der Waals surface area contributed by atoms with Gasteiger partial charge in [-0.1, -0.05) is 17.8 Å². The van der Waals surface area contributed by atoms with Crippen molar-refractivity contribution in [1.29, 1.82) is 0 Å². The minimum absolute atomic E-state index is 0.000401. The SMILES string of the molecule is NC(=O)OC1CCOc2cc(Sc3ccc4c(c3)OC(F)(F)O4)ccc21. The average Bonchev–Trinajstić information content (AvgIpc) is 2.87. The molecular weight excluding hydrogens is 368 g/mol. The quantitative estimate of drug-likeness (QED) is 0.863. The molecule has 2 aliphatic heterocycles. The monoisotopic (exact) mass is 381 g/mol. The van der Waals surface area contributed by atoms with Gasteiger partial charge in [-0.05, 0) is 30.3 Å². The fraction of sp³-hybridized carbons (Fsp3) is 0.235. The van der Waals surface area contributed by atoms with Gasteiger partial charge in [0.15, 0.2) is 11.5 Å². The molecule has 0 radical (unpaired) electrons. The number of amides is 1. The van der Waals surface area contributed by atoms with E-state index < -0.39 is 18.5 Å². The summed E-state index contributed by atoms with van der Waals surface area (Å²) in [6, 6.07) is 10.0. The van der Waals surface area contributed by atoms with E-state index in [4.69, 9.17) is 15.2 Å². The van der Waals surface area contributed by atoms with Crippen molar-refractivity contribution in [3.63, 3.8) is 0 Å². The van der Waals surface area contributed by atoms with Crippen molar-refractivity contribution in [2.24, 2.45) is 5.73 Å². The number of fused-ring (bicyclic) bond motifs is 2. The molecule has 0 aromatic heterocycles. The van der Waals surface area contributed by atoms with E-state index >= 15 is 0 Å². The van der Waals surface area contributed by atoms with Crippen LogP contribution in [0.5, 0.6) is 17.2 Å². The summed E-state index contributed by atoms with van der Waals surface area (Å²) in [4.78, 5) is 12.5. The highest BCUT2D eigenvalue weighted by Gasteiger charge is 2.43. The van der Waals surface area contributed by atoms with E-state index in [9.17, 15) is 13.6 Å². The molecule has 9 heteroatoms. The first-order valence-electron chi connectivity index (χ1n) is 7.70. The lowest BCUT2D eigenvalue weighted by atomic mass is 10.0. The molecule has 2 N–H and O–H groups in total. The summed E-state index contributed by atoms with van der Waals surface area (Å²) in [6.45, 7) is 0.401. The molecule has 2 aliphatic rings. The summed E-state index contributed by atoms with van der Waals surface area (Å²) in [7, 11) is 0. The Bertz CT molecular complexity index is 876. The van der Waals surface area contributed by atoms with E-state index in [2.05, 4.69) is 9.47 Å². The maximum absolute atomic E-state index is 13.1. The molecule has 1 amide bonds. The predicted octanol–water partition coefficient (Wildman–Crippen LogP) is 4.08. The molecule has 0 bridgehead atoms. The van der Waals surface area contributed by atoms with Gasteiger partial charge < -0.3 is 24.7 Å². The van der Waals surface area contributed by atoms with E-state index in [1.807, 2.05) is 6.07 Å². The van der Waals surface area contributed by atoms with E-state index in [1.165, 1.54) is 23.9 Å². The highest BCUT2D eigenvalue weighted by atomic mass is 32.2. The summed E-state index contributed by atoms with van der Waals surface area (Å²) in [5.41, 5.74) is 5.84. The number of halogens is 2. The highest BCUT2D eigenvalue weighted by Crippen LogP contribution is 2.44. The Balaban J connectivity index is 1.54. The van der Waals surface area contributed by atoms with Gasteiger partial charge in [-0.15, -0.1) is 8.78 Å². The third-order valence-corrected chi connectivity index (χ3v) is 4.82. The minimum Gasteiger partial charge on any atom is -0.493 e. The second kappa shape index (κ2) is 6.24. The Morgan fingerprint density at radius 3 is 2.58 bits per heavy atom. The van der Waals surface area contributed by atoms with Crippen LogP contribution in [-0.2, 0) is 4.74 Å². The lowest BCUT2D eigenvalue weighted by Crippen LogP contribution is -2.25. The van der Waals surface area contributed by atoms with Crippen LogP contribution >= 0.6 is 11.8 Å². The van der Waals surface area contributed by atoms with Crippen molar-refractivity contribution >= 4 is 17.9 Å². The Morgan fingerprint density at radius 1 is 1.12 bits per heavy atom. The highest BCUT2D eigenvalue weighted by molar-refractivity contribution is 7.99. The number of alkyl halides is 2. The van der Waals surface area contributed by atoms with Crippen LogP contribution < -0.4 is 19.9 Å². The Morgan fingerprint density at radius 2 is 1.81 bits per heavy atom. The number of carbonyl (C=O) groups excluding carboxylic acids is 1. The fourth-order valence-corrected chi connectivity index (χ4v) is 3.67. The Hall–Kier alpha value is -2.68. The molecule has 0 saturated heterocycles. The molecule has 0 fully saturated rings. The van der Waals surface area contributed by atoms with Crippen LogP contribution in [0.15, 0.2) is 46.2 Å². The normalized spacial score (nSPS) is 19.4. The number of primary amides is 1. The fourth-order valence-electron chi connectivity index (χ4n) is 2.79. The van der Waals surface area contributed by atoms with Crippen molar-refractivity contribution < 1.29 is 32.5 Å². The first kappa shape index (κ1) is 16.8. The molecule has 0 saturated carbocycles. The summed E-state index contributed by atoms with van der Waals surface area (Å²) in [5.74, 6) is 0.587.